The first-order chi connectivity index (χ1) is 8.86. The molecule has 1 atom stereocenters. The lowest BCUT2D eigenvalue weighted by Crippen LogP contribution is -2.50. The van der Waals surface area contributed by atoms with E-state index in [1.54, 1.807) is 23.3 Å². The van der Waals surface area contributed by atoms with Crippen LogP contribution in [-0.4, -0.2) is 37.1 Å². The van der Waals surface area contributed by atoms with E-state index >= 15 is 0 Å². The Morgan fingerprint density at radius 1 is 1.53 bits per heavy atom. The first-order valence-electron chi connectivity index (χ1n) is 6.42. The number of ether oxygens (including phenoxy) is 1. The molecule has 0 saturated carbocycles. The van der Waals surface area contributed by atoms with Gasteiger partial charge in [-0.05, 0) is 16.9 Å². The monoisotopic (exact) mass is 284 g/mol. The molecule has 0 fully saturated rings. The largest absolute Gasteiger partial charge is 0.383 e. The Morgan fingerprint density at radius 2 is 2.21 bits per heavy atom. The molecule has 5 heteroatoms. The number of carbonyl (C=O) groups excluding carboxylic acids is 1. The van der Waals surface area contributed by atoms with Gasteiger partial charge in [0.2, 0.25) is 5.91 Å². The number of hydrogen-bond acceptors (Lipinski definition) is 4. The highest BCUT2D eigenvalue weighted by molar-refractivity contribution is 7.09. The summed E-state index contributed by atoms with van der Waals surface area (Å²) in [7, 11) is 1.64. The predicted octanol–water partition coefficient (Wildman–Crippen LogP) is 2.10. The molecular weight excluding hydrogens is 260 g/mol. The fraction of sp³-hybridized carbons (Fsp3) is 0.643. The minimum Gasteiger partial charge on any atom is -0.383 e. The quantitative estimate of drug-likeness (QED) is 0.870. The zero-order valence-corrected chi connectivity index (χ0v) is 13.0. The molecule has 4 nitrogen and oxygen atoms in total. The molecule has 19 heavy (non-hydrogen) atoms. The van der Waals surface area contributed by atoms with Crippen LogP contribution in [-0.2, 0) is 16.1 Å². The van der Waals surface area contributed by atoms with E-state index in [1.165, 1.54) is 0 Å². The molecular formula is C14H24N2O2S. The molecule has 1 aromatic rings. The third-order valence-corrected chi connectivity index (χ3v) is 3.86. The maximum atomic E-state index is 12.5. The summed E-state index contributed by atoms with van der Waals surface area (Å²) in [6.07, 6.45) is 0. The van der Waals surface area contributed by atoms with Gasteiger partial charge < -0.3 is 15.4 Å². The SMILES string of the molecule is COCCN(Cc1cccs1)C(=O)C(N)C(C)(C)C. The Kier molecular flexibility index (Phi) is 5.97. The van der Waals surface area contributed by atoms with Crippen molar-refractivity contribution in [3.05, 3.63) is 22.4 Å². The van der Waals surface area contributed by atoms with Crippen molar-refractivity contribution in [3.8, 4) is 0 Å². The number of hydrogen-bond donors (Lipinski definition) is 1. The fourth-order valence-corrected chi connectivity index (χ4v) is 2.35. The lowest BCUT2D eigenvalue weighted by atomic mass is 9.86. The molecule has 0 aliphatic rings. The van der Waals surface area contributed by atoms with Crippen LogP contribution in [0.5, 0.6) is 0 Å². The summed E-state index contributed by atoms with van der Waals surface area (Å²) >= 11 is 1.65. The van der Waals surface area contributed by atoms with Gasteiger partial charge in [0.15, 0.2) is 0 Å². The van der Waals surface area contributed by atoms with Crippen LogP contribution in [0.4, 0.5) is 0 Å². The maximum Gasteiger partial charge on any atom is 0.240 e. The molecule has 1 rings (SSSR count). The second kappa shape index (κ2) is 7.03. The van der Waals surface area contributed by atoms with Gasteiger partial charge in [-0.2, -0.15) is 0 Å². The molecule has 0 aliphatic heterocycles. The van der Waals surface area contributed by atoms with Crippen molar-refractivity contribution >= 4 is 17.2 Å². The van der Waals surface area contributed by atoms with Crippen molar-refractivity contribution < 1.29 is 9.53 Å². The van der Waals surface area contributed by atoms with Gasteiger partial charge >= 0.3 is 0 Å². The number of nitrogens with two attached hydrogens (primary N) is 1. The average molecular weight is 284 g/mol. The summed E-state index contributed by atoms with van der Waals surface area (Å²) in [6.45, 7) is 7.63. The van der Waals surface area contributed by atoms with Crippen molar-refractivity contribution in [2.75, 3.05) is 20.3 Å². The van der Waals surface area contributed by atoms with Crippen LogP contribution < -0.4 is 5.73 Å². The van der Waals surface area contributed by atoms with Crippen LogP contribution in [0.15, 0.2) is 17.5 Å². The van der Waals surface area contributed by atoms with Crippen LogP contribution in [0.3, 0.4) is 0 Å². The van der Waals surface area contributed by atoms with E-state index < -0.39 is 6.04 Å². The summed E-state index contributed by atoms with van der Waals surface area (Å²) in [5.41, 5.74) is 5.83. The molecule has 1 unspecified atom stereocenters. The van der Waals surface area contributed by atoms with Gasteiger partial charge in [0.1, 0.15) is 0 Å². The van der Waals surface area contributed by atoms with Gasteiger partial charge in [0.25, 0.3) is 0 Å². The molecule has 0 bridgehead atoms. The maximum absolute atomic E-state index is 12.5. The smallest absolute Gasteiger partial charge is 0.240 e. The fourth-order valence-electron chi connectivity index (χ4n) is 1.63. The molecule has 0 saturated heterocycles. The average Bonchev–Trinajstić information content (AvgIpc) is 2.84. The van der Waals surface area contributed by atoms with E-state index in [9.17, 15) is 4.79 Å². The Labute approximate surface area is 119 Å². The highest BCUT2D eigenvalue weighted by atomic mass is 32.1. The summed E-state index contributed by atoms with van der Waals surface area (Å²) in [4.78, 5) is 15.4. The lowest BCUT2D eigenvalue weighted by Gasteiger charge is -2.31. The molecule has 0 spiro atoms. The third-order valence-electron chi connectivity index (χ3n) is 3.00. The van der Waals surface area contributed by atoms with Crippen molar-refractivity contribution in [2.45, 2.75) is 33.4 Å². The van der Waals surface area contributed by atoms with Gasteiger partial charge in [-0.15, -0.1) is 11.3 Å². The van der Waals surface area contributed by atoms with E-state index in [2.05, 4.69) is 0 Å². The summed E-state index contributed by atoms with van der Waals surface area (Å²) in [5, 5.41) is 2.01. The van der Waals surface area contributed by atoms with E-state index in [0.29, 0.717) is 19.7 Å². The second-order valence-corrected chi connectivity index (χ2v) is 6.71. The first-order valence-corrected chi connectivity index (χ1v) is 7.30. The van der Waals surface area contributed by atoms with E-state index in [1.807, 2.05) is 38.3 Å². The highest BCUT2D eigenvalue weighted by Crippen LogP contribution is 2.20. The van der Waals surface area contributed by atoms with Crippen LogP contribution in [0, 0.1) is 5.41 Å². The predicted molar refractivity (Wildman–Crippen MR) is 79.0 cm³/mol. The minimum atomic E-state index is -0.496. The summed E-state index contributed by atoms with van der Waals surface area (Å²) in [5.74, 6) is -0.0158. The van der Waals surface area contributed by atoms with Crippen molar-refractivity contribution in [3.63, 3.8) is 0 Å². The lowest BCUT2D eigenvalue weighted by molar-refractivity contribution is -0.136. The van der Waals surface area contributed by atoms with Crippen molar-refractivity contribution in [1.29, 1.82) is 0 Å². The van der Waals surface area contributed by atoms with Gasteiger partial charge in [-0.1, -0.05) is 26.8 Å². The van der Waals surface area contributed by atoms with Crippen LogP contribution in [0.1, 0.15) is 25.6 Å². The number of thiophene rings is 1. The molecule has 1 amide bonds. The van der Waals surface area contributed by atoms with Gasteiger partial charge in [-0.3, -0.25) is 4.79 Å². The molecule has 0 aliphatic carbocycles. The van der Waals surface area contributed by atoms with E-state index in [4.69, 9.17) is 10.5 Å². The van der Waals surface area contributed by atoms with Gasteiger partial charge in [0.05, 0.1) is 19.2 Å². The van der Waals surface area contributed by atoms with Crippen molar-refractivity contribution in [2.24, 2.45) is 11.1 Å². The number of methoxy groups -OCH3 is 1. The third kappa shape index (κ3) is 4.93. The molecule has 0 radical (unpaired) electrons. The number of nitrogens with zero attached hydrogens (tertiary/aromatic N) is 1. The normalized spacial score (nSPS) is 13.3. The summed E-state index contributed by atoms with van der Waals surface area (Å²) < 4.78 is 5.08. The zero-order valence-electron chi connectivity index (χ0n) is 12.2. The Hall–Kier alpha value is -0.910. The molecule has 1 aromatic heterocycles. The molecule has 1 heterocycles. The highest BCUT2D eigenvalue weighted by Gasteiger charge is 2.31. The van der Waals surface area contributed by atoms with Gasteiger partial charge in [-0.25, -0.2) is 0 Å². The van der Waals surface area contributed by atoms with Gasteiger partial charge in [0, 0.05) is 18.5 Å². The Balaban J connectivity index is 2.75. The Bertz CT molecular complexity index is 385. The zero-order chi connectivity index (χ0) is 14.5. The molecule has 108 valence electrons. The standard InChI is InChI=1S/C14H24N2O2S/c1-14(2,3)12(15)13(17)16(7-8-18-4)10-11-6-5-9-19-11/h5-6,9,12H,7-8,10,15H2,1-4H3. The van der Waals surface area contributed by atoms with Crippen molar-refractivity contribution in [1.82, 2.24) is 4.90 Å². The number of amides is 1. The van der Waals surface area contributed by atoms with Crippen LogP contribution >= 0.6 is 11.3 Å². The van der Waals surface area contributed by atoms with E-state index in [-0.39, 0.29) is 11.3 Å². The Morgan fingerprint density at radius 3 is 2.68 bits per heavy atom. The first kappa shape index (κ1) is 16.1. The summed E-state index contributed by atoms with van der Waals surface area (Å²) in [6, 6.07) is 3.52. The van der Waals surface area contributed by atoms with E-state index in [0.717, 1.165) is 4.88 Å². The topological polar surface area (TPSA) is 55.6 Å². The minimum absolute atomic E-state index is 0.0158. The molecule has 0 aromatic carbocycles. The van der Waals surface area contributed by atoms with Crippen LogP contribution in [0.25, 0.3) is 0 Å². The van der Waals surface area contributed by atoms with Crippen LogP contribution in [0.2, 0.25) is 0 Å². The number of rotatable bonds is 6. The molecule has 2 N–H and O–H groups in total. The second-order valence-electron chi connectivity index (χ2n) is 5.68. The number of carbonyl (C=O) groups is 1.